The summed E-state index contributed by atoms with van der Waals surface area (Å²) in [6, 6.07) is 0. The second kappa shape index (κ2) is 22.1. The summed E-state index contributed by atoms with van der Waals surface area (Å²) in [5.74, 6) is -3.87. The first-order valence-corrected chi connectivity index (χ1v) is 8.85. The van der Waals surface area contributed by atoms with Gasteiger partial charge in [-0.2, -0.15) is 0 Å². The van der Waals surface area contributed by atoms with Gasteiger partial charge < -0.3 is 29.5 Å². The number of ether oxygens (including phenoxy) is 3. The molecule has 0 unspecified atom stereocenters. The van der Waals surface area contributed by atoms with Crippen LogP contribution in [0.25, 0.3) is 0 Å². The summed E-state index contributed by atoms with van der Waals surface area (Å²) in [5.41, 5.74) is 0. The molecule has 0 heterocycles. The molecule has 174 valence electrons. The van der Waals surface area contributed by atoms with Crippen molar-refractivity contribution < 1.29 is 58.3 Å². The maximum absolute atomic E-state index is 10.6. The topological polar surface area (TPSA) is 191 Å². The fraction of sp³-hybridized carbons (Fsp3) is 0.667. The van der Waals surface area contributed by atoms with Crippen LogP contribution >= 0.6 is 0 Å². The predicted octanol–water partition coefficient (Wildman–Crippen LogP) is 1.24. The van der Waals surface area contributed by atoms with Gasteiger partial charge in [0.05, 0.1) is 34.2 Å². The molecular formula is C18H30O12. The lowest BCUT2D eigenvalue weighted by Crippen LogP contribution is -2.02. The van der Waals surface area contributed by atoms with E-state index in [1.54, 1.807) is 0 Å². The van der Waals surface area contributed by atoms with E-state index in [-0.39, 0.29) is 43.6 Å². The second-order valence-corrected chi connectivity index (χ2v) is 5.47. The maximum Gasteiger partial charge on any atom is 0.305 e. The Labute approximate surface area is 174 Å². The van der Waals surface area contributed by atoms with Gasteiger partial charge in [0.1, 0.15) is 0 Å². The standard InChI is InChI=1S/C8H14O4.C6H10O4.C4H6O4/c1-11-7(9)5-3-4-6-8(10)12-2;1-10-6(9)4-2-3-5(7)8;5-3(6)1-2-4(7)8/h3-6H2,1-2H3;2-4H2,1H3,(H,7,8);1-2H2,(H,5,6)(H,7,8). The number of carbonyl (C=O) groups excluding carboxylic acids is 3. The number of rotatable bonds is 12. The zero-order valence-electron chi connectivity index (χ0n) is 17.4. The first-order chi connectivity index (χ1) is 14.0. The van der Waals surface area contributed by atoms with E-state index < -0.39 is 17.9 Å². The molecule has 0 aliphatic carbocycles. The number of unbranched alkanes of at least 4 members (excludes halogenated alkanes) is 1. The van der Waals surface area contributed by atoms with Gasteiger partial charge in [-0.05, 0) is 19.3 Å². The van der Waals surface area contributed by atoms with Crippen LogP contribution in [0.4, 0.5) is 0 Å². The molecule has 0 aromatic carbocycles. The summed E-state index contributed by atoms with van der Waals surface area (Å²) < 4.78 is 13.2. The van der Waals surface area contributed by atoms with Crippen molar-refractivity contribution in [3.63, 3.8) is 0 Å². The van der Waals surface area contributed by atoms with E-state index in [0.29, 0.717) is 32.1 Å². The van der Waals surface area contributed by atoms with Gasteiger partial charge in [-0.1, -0.05) is 0 Å². The van der Waals surface area contributed by atoms with E-state index in [9.17, 15) is 28.8 Å². The van der Waals surface area contributed by atoms with Crippen LogP contribution in [0.2, 0.25) is 0 Å². The fourth-order valence-electron chi connectivity index (χ4n) is 1.44. The molecule has 3 N–H and O–H groups in total. The Balaban J connectivity index is -0.000000372. The molecule has 0 aliphatic heterocycles. The van der Waals surface area contributed by atoms with Gasteiger partial charge in [-0.3, -0.25) is 28.8 Å². The number of carboxylic acids is 3. The van der Waals surface area contributed by atoms with Crippen LogP contribution in [0.5, 0.6) is 0 Å². The van der Waals surface area contributed by atoms with Crippen molar-refractivity contribution in [3.05, 3.63) is 0 Å². The van der Waals surface area contributed by atoms with Gasteiger partial charge in [-0.25, -0.2) is 0 Å². The SMILES string of the molecule is COC(=O)CCCC(=O)O.COC(=O)CCCCC(=O)OC.O=C(O)CCC(=O)O. The molecule has 0 bridgehead atoms. The van der Waals surface area contributed by atoms with Crippen LogP contribution in [0.3, 0.4) is 0 Å². The van der Waals surface area contributed by atoms with Crippen molar-refractivity contribution in [1.82, 2.24) is 0 Å². The molecule has 30 heavy (non-hydrogen) atoms. The third-order valence-corrected chi connectivity index (χ3v) is 3.02. The van der Waals surface area contributed by atoms with Crippen molar-refractivity contribution >= 4 is 35.8 Å². The number of carboxylic acid groups (broad SMARTS) is 3. The number of carbonyl (C=O) groups is 6. The highest BCUT2D eigenvalue weighted by molar-refractivity contribution is 5.75. The molecule has 0 saturated heterocycles. The lowest BCUT2D eigenvalue weighted by molar-refractivity contribution is -0.143. The quantitative estimate of drug-likeness (QED) is 0.225. The summed E-state index contributed by atoms with van der Waals surface area (Å²) in [7, 11) is 3.98. The van der Waals surface area contributed by atoms with Crippen molar-refractivity contribution in [1.29, 1.82) is 0 Å². The Morgan fingerprint density at radius 3 is 0.967 bits per heavy atom. The van der Waals surface area contributed by atoms with Crippen LogP contribution in [-0.2, 0) is 43.0 Å². The summed E-state index contributed by atoms with van der Waals surface area (Å²) >= 11 is 0. The van der Waals surface area contributed by atoms with Gasteiger partial charge >= 0.3 is 35.8 Å². The number of esters is 3. The third-order valence-electron chi connectivity index (χ3n) is 3.02. The summed E-state index contributed by atoms with van der Waals surface area (Å²) in [5, 5.41) is 23.9. The zero-order chi connectivity index (χ0) is 23.9. The summed E-state index contributed by atoms with van der Waals surface area (Å²) in [6.07, 6.45) is 2.04. The van der Waals surface area contributed by atoms with Gasteiger partial charge in [0.15, 0.2) is 0 Å². The Morgan fingerprint density at radius 1 is 0.467 bits per heavy atom. The molecule has 0 radical (unpaired) electrons. The number of methoxy groups -OCH3 is 3. The minimum Gasteiger partial charge on any atom is -0.481 e. The predicted molar refractivity (Wildman–Crippen MR) is 101 cm³/mol. The Bertz CT molecular complexity index is 509. The highest BCUT2D eigenvalue weighted by Gasteiger charge is 2.03. The van der Waals surface area contributed by atoms with Gasteiger partial charge in [0.25, 0.3) is 0 Å². The monoisotopic (exact) mass is 438 g/mol. The Hall–Kier alpha value is -3.18. The number of aliphatic carboxylic acids is 3. The normalized spacial score (nSPS) is 8.90. The zero-order valence-corrected chi connectivity index (χ0v) is 17.4. The lowest BCUT2D eigenvalue weighted by atomic mass is 10.2. The van der Waals surface area contributed by atoms with Crippen molar-refractivity contribution in [2.24, 2.45) is 0 Å². The van der Waals surface area contributed by atoms with Gasteiger partial charge in [-0.15, -0.1) is 0 Å². The first kappa shape index (κ1) is 31.5. The molecule has 0 fully saturated rings. The minimum atomic E-state index is -1.08. The Kier molecular flexibility index (Phi) is 23.2. The van der Waals surface area contributed by atoms with E-state index in [1.807, 2.05) is 0 Å². The lowest BCUT2D eigenvalue weighted by Gasteiger charge is -1.98. The molecule has 12 heteroatoms. The molecule has 0 aromatic rings. The molecule has 0 aromatic heterocycles. The second-order valence-electron chi connectivity index (χ2n) is 5.47. The molecule has 0 aliphatic rings. The van der Waals surface area contributed by atoms with Gasteiger partial charge in [0.2, 0.25) is 0 Å². The maximum atomic E-state index is 10.6. The van der Waals surface area contributed by atoms with Crippen molar-refractivity contribution in [3.8, 4) is 0 Å². The summed E-state index contributed by atoms with van der Waals surface area (Å²) in [6.45, 7) is 0. The van der Waals surface area contributed by atoms with E-state index in [1.165, 1.54) is 21.3 Å². The minimum absolute atomic E-state index is 0.0229. The number of hydrogen-bond acceptors (Lipinski definition) is 9. The molecule has 0 rings (SSSR count). The van der Waals surface area contributed by atoms with Crippen LogP contribution in [0.15, 0.2) is 0 Å². The van der Waals surface area contributed by atoms with Crippen molar-refractivity contribution in [2.45, 2.75) is 57.8 Å². The number of hydrogen-bond donors (Lipinski definition) is 3. The van der Waals surface area contributed by atoms with E-state index in [2.05, 4.69) is 14.2 Å². The van der Waals surface area contributed by atoms with E-state index in [4.69, 9.17) is 15.3 Å². The van der Waals surface area contributed by atoms with E-state index in [0.717, 1.165) is 0 Å². The summed E-state index contributed by atoms with van der Waals surface area (Å²) in [4.78, 5) is 60.8. The smallest absolute Gasteiger partial charge is 0.305 e. The fourth-order valence-corrected chi connectivity index (χ4v) is 1.44. The highest BCUT2D eigenvalue weighted by Crippen LogP contribution is 2.01. The average molecular weight is 438 g/mol. The molecular weight excluding hydrogens is 408 g/mol. The first-order valence-electron chi connectivity index (χ1n) is 8.85. The van der Waals surface area contributed by atoms with Crippen LogP contribution in [-0.4, -0.2) is 72.5 Å². The molecule has 0 spiro atoms. The average Bonchev–Trinajstić information content (AvgIpc) is 2.69. The van der Waals surface area contributed by atoms with Gasteiger partial charge in [0, 0.05) is 25.7 Å². The largest absolute Gasteiger partial charge is 0.481 e. The highest BCUT2D eigenvalue weighted by atomic mass is 16.5. The van der Waals surface area contributed by atoms with Crippen LogP contribution < -0.4 is 0 Å². The molecule has 0 amide bonds. The Morgan fingerprint density at radius 2 is 0.733 bits per heavy atom. The third kappa shape index (κ3) is 32.5. The van der Waals surface area contributed by atoms with Crippen LogP contribution in [0.1, 0.15) is 57.8 Å². The molecule has 0 atom stereocenters. The molecule has 0 saturated carbocycles. The molecule has 12 nitrogen and oxygen atoms in total. The van der Waals surface area contributed by atoms with Crippen LogP contribution in [0, 0.1) is 0 Å². The van der Waals surface area contributed by atoms with Crippen molar-refractivity contribution in [2.75, 3.05) is 21.3 Å². The van der Waals surface area contributed by atoms with E-state index >= 15 is 0 Å².